The Morgan fingerprint density at radius 2 is 1.71 bits per heavy atom. The van der Waals surface area contributed by atoms with Crippen molar-refractivity contribution in [1.29, 1.82) is 0 Å². The summed E-state index contributed by atoms with van der Waals surface area (Å²) in [5.74, 6) is -1.32. The number of hydrogen-bond donors (Lipinski definition) is 1. The molecule has 1 heterocycles. The molecule has 2 aromatic carbocycles. The van der Waals surface area contributed by atoms with E-state index >= 15 is 0 Å². The van der Waals surface area contributed by atoms with E-state index in [9.17, 15) is 19.1 Å². The Hall–Kier alpha value is -2.41. The molecular formula is C23H19Cl2FO4S. The van der Waals surface area contributed by atoms with Crippen LogP contribution >= 0.6 is 34.5 Å². The number of benzene rings is 2. The quantitative estimate of drug-likeness (QED) is 0.355. The second-order valence-corrected chi connectivity index (χ2v) is 9.20. The van der Waals surface area contributed by atoms with Gasteiger partial charge in [0.1, 0.15) is 16.6 Å². The van der Waals surface area contributed by atoms with Crippen molar-refractivity contribution in [2.24, 2.45) is 0 Å². The van der Waals surface area contributed by atoms with Crippen molar-refractivity contribution in [3.05, 3.63) is 74.8 Å². The van der Waals surface area contributed by atoms with Crippen LogP contribution in [0.15, 0.2) is 48.5 Å². The van der Waals surface area contributed by atoms with Crippen molar-refractivity contribution in [2.75, 3.05) is 0 Å². The van der Waals surface area contributed by atoms with Crippen LogP contribution in [0.4, 0.5) is 4.39 Å². The van der Waals surface area contributed by atoms with Gasteiger partial charge in [-0.25, -0.2) is 9.18 Å². The molecule has 0 aliphatic heterocycles. The maximum atomic E-state index is 13.1. The monoisotopic (exact) mass is 480 g/mol. The third kappa shape index (κ3) is 5.45. The van der Waals surface area contributed by atoms with Crippen LogP contribution in [0, 0.1) is 5.82 Å². The van der Waals surface area contributed by atoms with Crippen molar-refractivity contribution in [3.63, 3.8) is 0 Å². The zero-order valence-electron chi connectivity index (χ0n) is 16.7. The molecule has 0 amide bonds. The van der Waals surface area contributed by atoms with Crippen molar-refractivity contribution in [2.45, 2.75) is 32.3 Å². The number of rotatable bonds is 8. The van der Waals surface area contributed by atoms with Gasteiger partial charge in [-0.15, -0.1) is 11.3 Å². The molecule has 0 bridgehead atoms. The van der Waals surface area contributed by atoms with Crippen LogP contribution in [-0.2, 0) is 11.2 Å². The minimum absolute atomic E-state index is 0.0436. The van der Waals surface area contributed by atoms with E-state index < -0.39 is 11.6 Å². The largest absolute Gasteiger partial charge is 0.478 e. The number of carboxylic acids is 1. The first-order valence-corrected chi connectivity index (χ1v) is 10.9. The van der Waals surface area contributed by atoms with E-state index in [1.165, 1.54) is 37.3 Å². The highest BCUT2D eigenvalue weighted by molar-refractivity contribution is 7.17. The average molecular weight is 481 g/mol. The van der Waals surface area contributed by atoms with Gasteiger partial charge in [0.25, 0.3) is 0 Å². The molecule has 31 heavy (non-hydrogen) atoms. The number of carboxylic acid groups (broad SMARTS) is 1. The van der Waals surface area contributed by atoms with E-state index in [0.717, 1.165) is 10.4 Å². The van der Waals surface area contributed by atoms with E-state index in [4.69, 9.17) is 27.9 Å². The minimum Gasteiger partial charge on any atom is -0.478 e. The number of aliphatic carboxylic acids is 1. The molecular weight excluding hydrogens is 462 g/mol. The number of aryl methyl sites for hydroxylation is 1. The van der Waals surface area contributed by atoms with Crippen LogP contribution in [0.3, 0.4) is 0 Å². The Balaban J connectivity index is 1.68. The van der Waals surface area contributed by atoms with Gasteiger partial charge in [0.2, 0.25) is 0 Å². The van der Waals surface area contributed by atoms with Crippen molar-refractivity contribution in [1.82, 2.24) is 0 Å². The van der Waals surface area contributed by atoms with Crippen molar-refractivity contribution < 1.29 is 23.8 Å². The number of carbonyl (C=O) groups is 2. The molecule has 3 aromatic rings. The predicted octanol–water partition coefficient (Wildman–Crippen LogP) is 6.92. The van der Waals surface area contributed by atoms with Crippen LogP contribution < -0.4 is 4.74 Å². The second kappa shape index (κ2) is 9.39. The summed E-state index contributed by atoms with van der Waals surface area (Å²) >= 11 is 13.9. The number of hydrogen-bond acceptors (Lipinski definition) is 4. The first kappa shape index (κ1) is 23.3. The Bertz CT molecular complexity index is 1120. The normalized spacial score (nSPS) is 11.4. The molecule has 0 aliphatic rings. The lowest BCUT2D eigenvalue weighted by Crippen LogP contribution is -2.38. The third-order valence-electron chi connectivity index (χ3n) is 4.64. The Morgan fingerprint density at radius 1 is 1.03 bits per heavy atom. The van der Waals surface area contributed by atoms with Crippen molar-refractivity contribution in [3.8, 4) is 16.2 Å². The fourth-order valence-electron chi connectivity index (χ4n) is 2.79. The highest BCUT2D eigenvalue weighted by Crippen LogP contribution is 2.37. The lowest BCUT2D eigenvalue weighted by atomic mass is 10.1. The molecule has 0 radical (unpaired) electrons. The van der Waals surface area contributed by atoms with Gasteiger partial charge in [-0.05, 0) is 61.7 Å². The number of ketones is 1. The highest BCUT2D eigenvalue weighted by atomic mass is 35.5. The average Bonchev–Trinajstić information content (AvgIpc) is 3.21. The molecule has 162 valence electrons. The van der Waals surface area contributed by atoms with E-state index in [1.54, 1.807) is 30.3 Å². The SMILES string of the molecule is CC(C)(Oc1ccc(CCC(=O)c2ccc(-c3ccc(F)cc3)s2)c(Cl)c1Cl)C(=O)O. The van der Waals surface area contributed by atoms with E-state index in [-0.39, 0.29) is 33.8 Å². The number of halogens is 3. The lowest BCUT2D eigenvalue weighted by Gasteiger charge is -2.23. The molecule has 0 saturated heterocycles. The summed E-state index contributed by atoms with van der Waals surface area (Å²) in [5.41, 5.74) is 0.0437. The van der Waals surface area contributed by atoms with Gasteiger partial charge in [0.15, 0.2) is 11.4 Å². The first-order valence-electron chi connectivity index (χ1n) is 9.37. The van der Waals surface area contributed by atoms with E-state index in [0.29, 0.717) is 16.9 Å². The van der Waals surface area contributed by atoms with Gasteiger partial charge >= 0.3 is 5.97 Å². The van der Waals surface area contributed by atoms with Gasteiger partial charge in [-0.1, -0.05) is 41.4 Å². The topological polar surface area (TPSA) is 63.6 Å². The molecule has 1 aromatic heterocycles. The van der Waals surface area contributed by atoms with E-state index in [2.05, 4.69) is 0 Å². The molecule has 1 N–H and O–H groups in total. The molecule has 0 atom stereocenters. The predicted molar refractivity (Wildman–Crippen MR) is 121 cm³/mol. The Kier molecular flexibility index (Phi) is 7.04. The summed E-state index contributed by atoms with van der Waals surface area (Å²) in [6, 6.07) is 12.9. The fraction of sp³-hybridized carbons (Fsp3) is 0.217. The summed E-state index contributed by atoms with van der Waals surface area (Å²) in [4.78, 5) is 25.4. The number of thiophene rings is 1. The maximum absolute atomic E-state index is 13.1. The Labute approximate surface area is 193 Å². The summed E-state index contributed by atoms with van der Waals surface area (Å²) in [6.45, 7) is 2.82. The molecule has 0 aliphatic carbocycles. The van der Waals surface area contributed by atoms with E-state index in [1.807, 2.05) is 6.07 Å². The van der Waals surface area contributed by atoms with Crippen LogP contribution in [0.2, 0.25) is 10.0 Å². The third-order valence-corrected chi connectivity index (χ3v) is 6.72. The van der Waals surface area contributed by atoms with Crippen molar-refractivity contribution >= 4 is 46.3 Å². The smallest absolute Gasteiger partial charge is 0.347 e. The number of carbonyl (C=O) groups excluding carboxylic acids is 1. The zero-order valence-corrected chi connectivity index (χ0v) is 19.1. The molecule has 3 rings (SSSR count). The minimum atomic E-state index is -1.47. The fourth-order valence-corrected chi connectivity index (χ4v) is 4.24. The van der Waals surface area contributed by atoms with Crippen LogP contribution in [0.25, 0.3) is 10.4 Å². The summed E-state index contributed by atoms with van der Waals surface area (Å²) < 4.78 is 18.6. The number of ether oxygens (including phenoxy) is 1. The van der Waals surface area contributed by atoms with Crippen LogP contribution in [0.5, 0.6) is 5.75 Å². The first-order chi connectivity index (χ1) is 14.6. The number of Topliss-reactive ketones (excluding diaryl/α,β-unsaturated/α-hetero) is 1. The maximum Gasteiger partial charge on any atom is 0.347 e. The van der Waals surface area contributed by atoms with Crippen LogP contribution in [0.1, 0.15) is 35.5 Å². The zero-order chi connectivity index (χ0) is 22.8. The van der Waals surface area contributed by atoms with Crippen LogP contribution in [-0.4, -0.2) is 22.5 Å². The highest BCUT2D eigenvalue weighted by Gasteiger charge is 2.30. The lowest BCUT2D eigenvalue weighted by molar-refractivity contribution is -0.152. The molecule has 0 spiro atoms. The Morgan fingerprint density at radius 3 is 2.35 bits per heavy atom. The summed E-state index contributed by atoms with van der Waals surface area (Å²) in [7, 11) is 0. The molecule has 0 fully saturated rings. The van der Waals surface area contributed by atoms with Gasteiger partial charge in [-0.2, -0.15) is 0 Å². The summed E-state index contributed by atoms with van der Waals surface area (Å²) in [6.07, 6.45) is 0.587. The molecule has 4 nitrogen and oxygen atoms in total. The van der Waals surface area contributed by atoms with Gasteiger partial charge < -0.3 is 9.84 Å². The molecule has 0 saturated carbocycles. The molecule has 0 unspecified atom stereocenters. The second-order valence-electron chi connectivity index (χ2n) is 7.36. The van der Waals surface area contributed by atoms with Gasteiger partial charge in [0.05, 0.1) is 9.90 Å². The van der Waals surface area contributed by atoms with Gasteiger partial charge in [-0.3, -0.25) is 4.79 Å². The van der Waals surface area contributed by atoms with Gasteiger partial charge in [0, 0.05) is 11.3 Å². The summed E-state index contributed by atoms with van der Waals surface area (Å²) in [5, 5.41) is 9.54. The standard InChI is InChI=1S/C23H19Cl2FO4S/c1-23(2,22(28)29)30-17-10-6-14(20(24)21(17)25)5-9-16(27)19-12-11-18(31-19)13-3-7-15(26)8-4-13/h3-4,6-8,10-12H,5,9H2,1-2H3,(H,28,29). The molecule has 8 heteroatoms.